The molecule has 0 aromatic heterocycles. The van der Waals surface area contributed by atoms with Crippen LogP contribution in [0.25, 0.3) is 0 Å². The topological polar surface area (TPSA) is 34.1 Å². The summed E-state index contributed by atoms with van der Waals surface area (Å²) < 4.78 is 0. The van der Waals surface area contributed by atoms with Gasteiger partial charge in [-0.2, -0.15) is 9.90 Å². The number of carbonyl (C=O) groups excluding carboxylic acids is 2. The zero-order chi connectivity index (χ0) is 5.54. The lowest BCUT2D eigenvalue weighted by atomic mass is 10.3. The van der Waals surface area contributed by atoms with Crippen LogP contribution in [0.5, 0.6) is 0 Å². The first-order chi connectivity index (χ1) is 3.41. The van der Waals surface area contributed by atoms with E-state index in [0.717, 1.165) is 12.6 Å². The van der Waals surface area contributed by atoms with Crippen molar-refractivity contribution in [2.75, 3.05) is 0 Å². The molecule has 0 heterocycles. The maximum atomic E-state index is 9.56. The lowest BCUT2D eigenvalue weighted by Gasteiger charge is -1.78. The zero-order valence-electron chi connectivity index (χ0n) is 4.80. The molecule has 0 spiro atoms. The van der Waals surface area contributed by atoms with Crippen molar-refractivity contribution in [2.24, 2.45) is 0 Å². The summed E-state index contributed by atoms with van der Waals surface area (Å²) in [5, 5.41) is 0. The molecule has 0 aromatic rings. The second kappa shape index (κ2) is 9.91. The van der Waals surface area contributed by atoms with E-state index in [1.807, 2.05) is 0 Å². The first-order valence-corrected chi connectivity index (χ1v) is 2.29. The van der Waals surface area contributed by atoms with Crippen LogP contribution >= 0.6 is 9.90 Å². The van der Waals surface area contributed by atoms with Gasteiger partial charge in [0, 0.05) is 12.8 Å². The van der Waals surface area contributed by atoms with Gasteiger partial charge in [0.15, 0.2) is 0 Å². The van der Waals surface area contributed by atoms with Crippen molar-refractivity contribution < 1.29 is 9.59 Å². The van der Waals surface area contributed by atoms with Crippen LogP contribution in [-0.4, -0.2) is 12.6 Å². The van der Waals surface area contributed by atoms with Gasteiger partial charge in [-0.3, -0.25) is 0 Å². The van der Waals surface area contributed by atoms with E-state index in [1.54, 1.807) is 0 Å². The monoisotopic (exact) mass is 134 g/mol. The average Bonchev–Trinajstić information content (AvgIpc) is 1.69. The molecule has 0 fully saturated rings. The number of aldehydes is 2. The quantitative estimate of drug-likeness (QED) is 0.321. The van der Waals surface area contributed by atoms with Crippen molar-refractivity contribution in [3.05, 3.63) is 0 Å². The number of unbranched alkanes of at least 4 members (excludes halogenated alkanes) is 2. The number of carbonyl (C=O) groups is 2. The highest BCUT2D eigenvalue weighted by Gasteiger charge is 1.80. The second-order valence-electron chi connectivity index (χ2n) is 1.26. The van der Waals surface area contributed by atoms with Crippen molar-refractivity contribution in [2.45, 2.75) is 19.3 Å². The van der Waals surface area contributed by atoms with Gasteiger partial charge >= 0.3 is 0 Å². The Morgan fingerprint density at radius 1 is 1.00 bits per heavy atom. The van der Waals surface area contributed by atoms with E-state index in [-0.39, 0.29) is 9.90 Å². The highest BCUT2D eigenvalue weighted by molar-refractivity contribution is 6.92. The molecule has 1 atom stereocenters. The van der Waals surface area contributed by atoms with Crippen LogP contribution in [0.3, 0.4) is 0 Å². The molecule has 0 N–H and O–H groups in total. The van der Waals surface area contributed by atoms with Gasteiger partial charge in [-0.15, -0.1) is 0 Å². The molecule has 0 saturated carbocycles. The van der Waals surface area contributed by atoms with Crippen LogP contribution in [0.2, 0.25) is 0 Å². The van der Waals surface area contributed by atoms with E-state index in [1.165, 1.54) is 0 Å². The molecule has 0 saturated heterocycles. The fourth-order valence-electron chi connectivity index (χ4n) is 0.285. The van der Waals surface area contributed by atoms with Crippen molar-refractivity contribution in [1.82, 2.24) is 0 Å². The summed E-state index contributed by atoms with van der Waals surface area (Å²) in [4.78, 5) is 19.1. The van der Waals surface area contributed by atoms with Gasteiger partial charge in [-0.05, 0) is 6.42 Å². The fraction of sp³-hybridized carbons (Fsp3) is 0.600. The van der Waals surface area contributed by atoms with Crippen LogP contribution in [0.1, 0.15) is 19.3 Å². The summed E-state index contributed by atoms with van der Waals surface area (Å²) in [5.41, 5.74) is 0. The molecule has 0 rings (SSSR count). The minimum absolute atomic E-state index is 0. The molecule has 0 aromatic carbocycles. The standard InChI is InChI=1S/C5H8O2.H3P/c6-4-2-1-3-5-7;/h4-5H,1-3H2;1H3. The van der Waals surface area contributed by atoms with E-state index in [2.05, 4.69) is 0 Å². The predicted molar refractivity (Wildman–Crippen MR) is 37.1 cm³/mol. The zero-order valence-corrected chi connectivity index (χ0v) is 6.21. The highest BCUT2D eigenvalue weighted by atomic mass is 31.0. The Kier molecular flexibility index (Phi) is 13.2. The van der Waals surface area contributed by atoms with Crippen molar-refractivity contribution in [3.63, 3.8) is 0 Å². The lowest BCUT2D eigenvalue weighted by Crippen LogP contribution is -1.76. The summed E-state index contributed by atoms with van der Waals surface area (Å²) in [6.07, 6.45) is 3.37. The number of rotatable bonds is 4. The molecule has 48 valence electrons. The van der Waals surface area contributed by atoms with E-state index in [4.69, 9.17) is 0 Å². The van der Waals surface area contributed by atoms with Crippen molar-refractivity contribution in [3.8, 4) is 0 Å². The molecule has 3 heteroatoms. The third-order valence-corrected chi connectivity index (χ3v) is 0.644. The lowest BCUT2D eigenvalue weighted by molar-refractivity contribution is -0.108. The van der Waals surface area contributed by atoms with Crippen LogP contribution in [0, 0.1) is 0 Å². The van der Waals surface area contributed by atoms with Gasteiger partial charge < -0.3 is 9.59 Å². The van der Waals surface area contributed by atoms with Gasteiger partial charge in [-0.25, -0.2) is 0 Å². The first kappa shape index (κ1) is 10.7. The molecule has 0 aliphatic heterocycles. The largest absolute Gasteiger partial charge is 0.303 e. The molecule has 1 unspecified atom stereocenters. The molecule has 2 nitrogen and oxygen atoms in total. The van der Waals surface area contributed by atoms with E-state index >= 15 is 0 Å². The van der Waals surface area contributed by atoms with Gasteiger partial charge in [0.1, 0.15) is 12.6 Å². The summed E-state index contributed by atoms with van der Waals surface area (Å²) in [6, 6.07) is 0. The average molecular weight is 134 g/mol. The Balaban J connectivity index is 0. The Labute approximate surface area is 52.3 Å². The van der Waals surface area contributed by atoms with Gasteiger partial charge in [0.2, 0.25) is 0 Å². The molecule has 0 aliphatic carbocycles. The maximum Gasteiger partial charge on any atom is 0.120 e. The van der Waals surface area contributed by atoms with Gasteiger partial charge in [0.25, 0.3) is 0 Å². The van der Waals surface area contributed by atoms with Crippen LogP contribution in [0.4, 0.5) is 0 Å². The summed E-state index contributed by atoms with van der Waals surface area (Å²) in [7, 11) is 0. The first-order valence-electron chi connectivity index (χ1n) is 2.29. The second-order valence-corrected chi connectivity index (χ2v) is 1.26. The summed E-state index contributed by atoms with van der Waals surface area (Å²) >= 11 is 0. The Hall–Kier alpha value is -0.230. The third-order valence-electron chi connectivity index (χ3n) is 0.644. The SMILES string of the molecule is O=CCCCC=O.P. The van der Waals surface area contributed by atoms with E-state index in [0.29, 0.717) is 19.3 Å². The molecule has 0 bridgehead atoms. The number of hydrogen-bond donors (Lipinski definition) is 0. The molecule has 8 heavy (non-hydrogen) atoms. The third kappa shape index (κ3) is 9.24. The molecular formula is C5H11O2P. The van der Waals surface area contributed by atoms with Crippen LogP contribution in [0.15, 0.2) is 0 Å². The van der Waals surface area contributed by atoms with Crippen molar-refractivity contribution in [1.29, 1.82) is 0 Å². The number of hydrogen-bond acceptors (Lipinski definition) is 2. The smallest absolute Gasteiger partial charge is 0.120 e. The Bertz CT molecular complexity index is 55.4. The van der Waals surface area contributed by atoms with E-state index in [9.17, 15) is 9.59 Å². The molecular weight excluding hydrogens is 123 g/mol. The van der Waals surface area contributed by atoms with Gasteiger partial charge in [0.05, 0.1) is 0 Å². The van der Waals surface area contributed by atoms with Crippen LogP contribution < -0.4 is 0 Å². The highest BCUT2D eigenvalue weighted by Crippen LogP contribution is 1.85. The maximum absolute atomic E-state index is 9.56. The normalized spacial score (nSPS) is 7.00. The minimum Gasteiger partial charge on any atom is -0.303 e. The van der Waals surface area contributed by atoms with Gasteiger partial charge in [-0.1, -0.05) is 0 Å². The Morgan fingerprint density at radius 3 is 1.62 bits per heavy atom. The molecule has 0 amide bonds. The summed E-state index contributed by atoms with van der Waals surface area (Å²) in [5.74, 6) is 0. The fourth-order valence-corrected chi connectivity index (χ4v) is 0.285. The Morgan fingerprint density at radius 2 is 1.38 bits per heavy atom. The summed E-state index contributed by atoms with van der Waals surface area (Å²) in [6.45, 7) is 0. The van der Waals surface area contributed by atoms with Crippen LogP contribution in [-0.2, 0) is 9.59 Å². The minimum atomic E-state index is 0. The molecule has 0 aliphatic rings. The van der Waals surface area contributed by atoms with E-state index < -0.39 is 0 Å². The molecule has 0 radical (unpaired) electrons. The predicted octanol–water partition coefficient (Wildman–Crippen LogP) is 0.613. The van der Waals surface area contributed by atoms with Crippen molar-refractivity contribution >= 4 is 22.5 Å².